The largest absolute Gasteiger partial charge is 0.462 e. The van der Waals surface area contributed by atoms with Crippen LogP contribution in [0.4, 0.5) is 5.69 Å². The van der Waals surface area contributed by atoms with E-state index in [1.165, 1.54) is 11.8 Å². The Balaban J connectivity index is 1.59. The van der Waals surface area contributed by atoms with Crippen LogP contribution >= 0.6 is 0 Å². The third kappa shape index (κ3) is 3.72. The molecule has 4 rings (SSSR count). The molecule has 8 nitrogen and oxygen atoms in total. The molecule has 1 unspecified atom stereocenters. The number of amides is 1. The summed E-state index contributed by atoms with van der Waals surface area (Å²) in [4.78, 5) is 31.7. The number of esters is 1. The molecule has 1 aliphatic rings. The van der Waals surface area contributed by atoms with E-state index in [1.54, 1.807) is 24.9 Å². The minimum absolute atomic E-state index is 0.0132. The molecule has 1 aromatic carbocycles. The Hall–Kier alpha value is -3.42. The van der Waals surface area contributed by atoms with Crippen molar-refractivity contribution in [1.82, 2.24) is 19.7 Å². The molecule has 3 aromatic rings. The maximum absolute atomic E-state index is 13.0. The molecule has 156 valence electrons. The fourth-order valence-corrected chi connectivity index (χ4v) is 3.73. The Morgan fingerprint density at radius 2 is 2.03 bits per heavy atom. The first-order chi connectivity index (χ1) is 14.5. The first kappa shape index (κ1) is 19.9. The minimum atomic E-state index is -0.472. The lowest BCUT2D eigenvalue weighted by atomic mass is 10.1. The zero-order valence-corrected chi connectivity index (χ0v) is 17.4. The van der Waals surface area contributed by atoms with Gasteiger partial charge in [-0.15, -0.1) is 0 Å². The number of hydrogen-bond acceptors (Lipinski definition) is 6. The number of ether oxygens (including phenoxy) is 1. The van der Waals surface area contributed by atoms with Gasteiger partial charge in [0.25, 0.3) is 0 Å². The number of nitrogens with zero attached hydrogens (tertiary/aromatic N) is 4. The lowest BCUT2D eigenvalue weighted by molar-refractivity contribution is -0.128. The van der Waals surface area contributed by atoms with Gasteiger partial charge in [0.15, 0.2) is 5.65 Å². The summed E-state index contributed by atoms with van der Waals surface area (Å²) in [5.41, 5.74) is 3.77. The number of hydrogen-bond donors (Lipinski definition) is 1. The van der Waals surface area contributed by atoms with Crippen LogP contribution < -0.4 is 5.32 Å². The van der Waals surface area contributed by atoms with Crippen LogP contribution in [0.1, 0.15) is 34.8 Å². The molecular weight excluding hydrogens is 382 g/mol. The summed E-state index contributed by atoms with van der Waals surface area (Å²) in [5.74, 6) is -0.459. The van der Waals surface area contributed by atoms with Gasteiger partial charge >= 0.3 is 5.97 Å². The van der Waals surface area contributed by atoms with E-state index in [9.17, 15) is 9.59 Å². The molecule has 8 heteroatoms. The van der Waals surface area contributed by atoms with Crippen molar-refractivity contribution in [3.8, 4) is 0 Å². The Kier molecular flexibility index (Phi) is 5.39. The number of carbonyl (C=O) groups is 2. The Labute approximate surface area is 174 Å². The summed E-state index contributed by atoms with van der Waals surface area (Å²) in [7, 11) is 1.78. The van der Waals surface area contributed by atoms with Crippen LogP contribution in [0.2, 0.25) is 0 Å². The number of rotatable bonds is 6. The van der Waals surface area contributed by atoms with E-state index in [1.807, 2.05) is 36.1 Å². The van der Waals surface area contributed by atoms with Crippen LogP contribution in [-0.4, -0.2) is 50.7 Å². The van der Waals surface area contributed by atoms with E-state index >= 15 is 0 Å². The fraction of sp³-hybridized carbons (Fsp3) is 0.364. The highest BCUT2D eigenvalue weighted by atomic mass is 16.5. The Bertz CT molecular complexity index is 1090. The second-order valence-corrected chi connectivity index (χ2v) is 7.50. The van der Waals surface area contributed by atoms with Crippen molar-refractivity contribution in [1.29, 1.82) is 0 Å². The monoisotopic (exact) mass is 407 g/mol. The van der Waals surface area contributed by atoms with Crippen molar-refractivity contribution in [3.05, 3.63) is 53.3 Å². The molecule has 1 atom stereocenters. The quantitative estimate of drug-likeness (QED) is 0.632. The van der Waals surface area contributed by atoms with E-state index in [-0.39, 0.29) is 12.5 Å². The number of anilines is 1. The highest BCUT2D eigenvalue weighted by Crippen LogP contribution is 2.29. The molecule has 1 saturated heterocycles. The molecular formula is C22H25N5O3. The van der Waals surface area contributed by atoms with Crippen molar-refractivity contribution in [3.63, 3.8) is 0 Å². The number of likely N-dealkylation sites (tertiary alicyclic amines) is 1. The van der Waals surface area contributed by atoms with Crippen LogP contribution in [0.25, 0.3) is 11.0 Å². The van der Waals surface area contributed by atoms with Crippen molar-refractivity contribution >= 4 is 28.6 Å². The van der Waals surface area contributed by atoms with E-state index < -0.39 is 12.0 Å². The van der Waals surface area contributed by atoms with Gasteiger partial charge in [0, 0.05) is 26.3 Å². The van der Waals surface area contributed by atoms with Crippen molar-refractivity contribution in [2.45, 2.75) is 32.9 Å². The molecule has 1 amide bonds. The minimum Gasteiger partial charge on any atom is -0.462 e. The summed E-state index contributed by atoms with van der Waals surface area (Å²) >= 11 is 0. The molecule has 0 saturated carbocycles. The summed E-state index contributed by atoms with van der Waals surface area (Å²) < 4.78 is 6.82. The van der Waals surface area contributed by atoms with Gasteiger partial charge in [-0.05, 0) is 25.8 Å². The van der Waals surface area contributed by atoms with E-state index in [0.29, 0.717) is 41.8 Å². The zero-order chi connectivity index (χ0) is 21.3. The van der Waals surface area contributed by atoms with Gasteiger partial charge in [0.1, 0.15) is 11.6 Å². The second-order valence-electron chi connectivity index (χ2n) is 7.50. The smallest absolute Gasteiger partial charge is 0.341 e. The third-order valence-electron chi connectivity index (χ3n) is 5.37. The van der Waals surface area contributed by atoms with Crippen LogP contribution in [0.5, 0.6) is 0 Å². The fourth-order valence-electron chi connectivity index (χ4n) is 3.73. The maximum Gasteiger partial charge on any atom is 0.341 e. The molecule has 0 bridgehead atoms. The second kappa shape index (κ2) is 8.14. The van der Waals surface area contributed by atoms with E-state index in [0.717, 1.165) is 5.56 Å². The molecule has 0 aliphatic carbocycles. The lowest BCUT2D eigenvalue weighted by Gasteiger charge is -2.19. The normalized spacial score (nSPS) is 16.3. The SMILES string of the molecule is CCOC(=O)c1cnc2c(cnn2C)c1NC1CCN(Cc2ccc(C)cc2)C1=O. The first-order valence-electron chi connectivity index (χ1n) is 10.1. The van der Waals surface area contributed by atoms with Gasteiger partial charge in [0.2, 0.25) is 5.91 Å². The average Bonchev–Trinajstić information content (AvgIpc) is 3.28. The van der Waals surface area contributed by atoms with Gasteiger partial charge in [-0.2, -0.15) is 5.10 Å². The van der Waals surface area contributed by atoms with E-state index in [4.69, 9.17) is 4.74 Å². The summed E-state index contributed by atoms with van der Waals surface area (Å²) in [6.07, 6.45) is 3.78. The van der Waals surface area contributed by atoms with Crippen molar-refractivity contribution < 1.29 is 14.3 Å². The van der Waals surface area contributed by atoms with Crippen LogP contribution in [-0.2, 0) is 23.1 Å². The number of pyridine rings is 1. The number of benzene rings is 1. The molecule has 0 spiro atoms. The van der Waals surface area contributed by atoms with Crippen LogP contribution in [0.3, 0.4) is 0 Å². The maximum atomic E-state index is 13.0. The highest BCUT2D eigenvalue weighted by Gasteiger charge is 2.33. The standard InChI is InChI=1S/C22H25N5O3/c1-4-30-22(29)17-11-23-20-16(12-24-26(20)3)19(17)25-18-9-10-27(21(18)28)13-15-7-5-14(2)6-8-15/h5-8,11-12,18H,4,9-10,13H2,1-3H3,(H,23,25). The lowest BCUT2D eigenvalue weighted by Crippen LogP contribution is -2.33. The van der Waals surface area contributed by atoms with Gasteiger partial charge in [-0.1, -0.05) is 29.8 Å². The molecule has 3 heterocycles. The number of aryl methyl sites for hydroxylation is 2. The predicted octanol–water partition coefficient (Wildman–Crippen LogP) is 2.67. The number of aromatic nitrogens is 3. The van der Waals surface area contributed by atoms with Gasteiger partial charge in [-0.3, -0.25) is 9.48 Å². The summed E-state index contributed by atoms with van der Waals surface area (Å²) in [6.45, 7) is 5.28. The highest BCUT2D eigenvalue weighted by molar-refractivity contribution is 6.05. The van der Waals surface area contributed by atoms with Gasteiger partial charge in [0.05, 0.1) is 23.9 Å². The summed E-state index contributed by atoms with van der Waals surface area (Å²) in [6, 6.07) is 7.77. The number of nitrogens with one attached hydrogen (secondary N) is 1. The Morgan fingerprint density at radius 3 is 2.77 bits per heavy atom. The van der Waals surface area contributed by atoms with Gasteiger partial charge in [-0.25, -0.2) is 9.78 Å². The van der Waals surface area contributed by atoms with Gasteiger partial charge < -0.3 is 15.0 Å². The molecule has 2 aromatic heterocycles. The van der Waals surface area contributed by atoms with E-state index in [2.05, 4.69) is 15.4 Å². The average molecular weight is 407 g/mol. The van der Waals surface area contributed by atoms with Crippen LogP contribution in [0.15, 0.2) is 36.7 Å². The molecule has 0 radical (unpaired) electrons. The van der Waals surface area contributed by atoms with Crippen molar-refractivity contribution in [2.24, 2.45) is 7.05 Å². The zero-order valence-electron chi connectivity index (χ0n) is 17.4. The Morgan fingerprint density at radius 1 is 1.27 bits per heavy atom. The first-order valence-corrected chi connectivity index (χ1v) is 10.1. The third-order valence-corrected chi connectivity index (χ3v) is 5.37. The topological polar surface area (TPSA) is 89.3 Å². The molecule has 30 heavy (non-hydrogen) atoms. The number of fused-ring (bicyclic) bond motifs is 1. The molecule has 1 fully saturated rings. The number of carbonyl (C=O) groups excluding carboxylic acids is 2. The molecule has 1 aliphatic heterocycles. The molecule has 1 N–H and O–H groups in total. The van der Waals surface area contributed by atoms with Crippen LogP contribution in [0, 0.1) is 6.92 Å². The predicted molar refractivity (Wildman–Crippen MR) is 113 cm³/mol. The van der Waals surface area contributed by atoms with Crippen molar-refractivity contribution in [2.75, 3.05) is 18.5 Å². The summed E-state index contributed by atoms with van der Waals surface area (Å²) in [5, 5.41) is 8.22.